The summed E-state index contributed by atoms with van der Waals surface area (Å²) in [6.45, 7) is 2.22. The Hall–Kier alpha value is -1.84. The van der Waals surface area contributed by atoms with Crippen LogP contribution >= 0.6 is 0 Å². The van der Waals surface area contributed by atoms with Crippen molar-refractivity contribution < 1.29 is 14.7 Å². The van der Waals surface area contributed by atoms with Crippen LogP contribution in [0.3, 0.4) is 0 Å². The molecule has 1 aromatic carbocycles. The number of amides is 1. The van der Waals surface area contributed by atoms with Gasteiger partial charge >= 0.3 is 5.97 Å². The molecule has 1 unspecified atom stereocenters. The fourth-order valence-electron chi connectivity index (χ4n) is 3.28. The van der Waals surface area contributed by atoms with Gasteiger partial charge in [-0.2, -0.15) is 0 Å². The van der Waals surface area contributed by atoms with Gasteiger partial charge in [0.25, 0.3) is 0 Å². The first-order chi connectivity index (χ1) is 9.51. The number of rotatable bonds is 3. The summed E-state index contributed by atoms with van der Waals surface area (Å²) in [5.74, 6) is -0.904. The molecule has 0 radical (unpaired) electrons. The number of likely N-dealkylation sites (tertiary alicyclic amines) is 1. The number of nitrogens with zero attached hydrogens (tertiary/aromatic N) is 1. The zero-order valence-electron chi connectivity index (χ0n) is 11.6. The normalized spacial score (nSPS) is 27.4. The predicted molar refractivity (Wildman–Crippen MR) is 74.3 cm³/mol. The van der Waals surface area contributed by atoms with Crippen LogP contribution in [0.1, 0.15) is 38.2 Å². The standard InChI is InChI=1S/C16H19NO3/c1-15(14(19)20)8-5-11-17(15)13(18)16(9-10-16)12-6-3-2-4-7-12/h2-4,6-7H,5,8-11H2,1H3,(H,19,20). The van der Waals surface area contributed by atoms with Crippen LogP contribution in [-0.2, 0) is 15.0 Å². The third-order valence-electron chi connectivity index (χ3n) is 4.83. The van der Waals surface area contributed by atoms with Crippen molar-refractivity contribution in [2.45, 2.75) is 43.6 Å². The smallest absolute Gasteiger partial charge is 0.329 e. The molecule has 1 aromatic rings. The first-order valence-electron chi connectivity index (χ1n) is 7.12. The van der Waals surface area contributed by atoms with Crippen LogP contribution in [-0.4, -0.2) is 34.0 Å². The molecule has 2 fully saturated rings. The highest BCUT2D eigenvalue weighted by Crippen LogP contribution is 2.51. The van der Waals surface area contributed by atoms with E-state index in [1.807, 2.05) is 30.3 Å². The minimum atomic E-state index is -1.04. The van der Waals surface area contributed by atoms with E-state index in [0.717, 1.165) is 24.8 Å². The number of carboxylic acids is 1. The lowest BCUT2D eigenvalue weighted by Gasteiger charge is -2.34. The maximum atomic E-state index is 12.9. The van der Waals surface area contributed by atoms with E-state index in [1.54, 1.807) is 11.8 Å². The molecule has 1 saturated carbocycles. The Morgan fingerprint density at radius 1 is 1.15 bits per heavy atom. The fraction of sp³-hybridized carbons (Fsp3) is 0.500. The molecule has 1 saturated heterocycles. The van der Waals surface area contributed by atoms with E-state index in [2.05, 4.69) is 0 Å². The Morgan fingerprint density at radius 3 is 2.35 bits per heavy atom. The number of carbonyl (C=O) groups excluding carboxylic acids is 1. The minimum Gasteiger partial charge on any atom is -0.480 e. The van der Waals surface area contributed by atoms with Crippen molar-refractivity contribution in [3.8, 4) is 0 Å². The van der Waals surface area contributed by atoms with Crippen molar-refractivity contribution in [3.05, 3.63) is 35.9 Å². The Morgan fingerprint density at radius 2 is 1.80 bits per heavy atom. The topological polar surface area (TPSA) is 57.6 Å². The molecule has 1 aliphatic heterocycles. The maximum absolute atomic E-state index is 12.9. The lowest BCUT2D eigenvalue weighted by atomic mass is 9.91. The van der Waals surface area contributed by atoms with Crippen molar-refractivity contribution in [3.63, 3.8) is 0 Å². The molecule has 20 heavy (non-hydrogen) atoms. The molecule has 106 valence electrons. The average molecular weight is 273 g/mol. The Kier molecular flexibility index (Phi) is 2.85. The van der Waals surface area contributed by atoms with Crippen LogP contribution in [0, 0.1) is 0 Å². The van der Waals surface area contributed by atoms with Crippen LogP contribution in [0.2, 0.25) is 0 Å². The number of carboxylic acid groups (broad SMARTS) is 1. The van der Waals surface area contributed by atoms with Crippen LogP contribution in [0.15, 0.2) is 30.3 Å². The highest BCUT2D eigenvalue weighted by atomic mass is 16.4. The summed E-state index contributed by atoms with van der Waals surface area (Å²) in [6, 6.07) is 9.74. The van der Waals surface area contributed by atoms with Crippen LogP contribution in [0.5, 0.6) is 0 Å². The molecule has 1 aliphatic carbocycles. The third-order valence-corrected chi connectivity index (χ3v) is 4.83. The summed E-state index contributed by atoms with van der Waals surface area (Å²) in [7, 11) is 0. The van der Waals surface area contributed by atoms with E-state index in [-0.39, 0.29) is 5.91 Å². The van der Waals surface area contributed by atoms with Crippen LogP contribution in [0.4, 0.5) is 0 Å². The summed E-state index contributed by atoms with van der Waals surface area (Å²) >= 11 is 0. The number of hydrogen-bond acceptors (Lipinski definition) is 2. The lowest BCUT2D eigenvalue weighted by Crippen LogP contribution is -2.53. The van der Waals surface area contributed by atoms with E-state index < -0.39 is 16.9 Å². The third kappa shape index (κ3) is 1.74. The second-order valence-corrected chi connectivity index (χ2v) is 6.09. The van der Waals surface area contributed by atoms with Crippen molar-refractivity contribution in [2.24, 2.45) is 0 Å². The second-order valence-electron chi connectivity index (χ2n) is 6.09. The van der Waals surface area contributed by atoms with E-state index >= 15 is 0 Å². The molecule has 0 bridgehead atoms. The maximum Gasteiger partial charge on any atom is 0.329 e. The molecule has 1 atom stereocenters. The number of carbonyl (C=O) groups is 2. The molecular weight excluding hydrogens is 254 g/mol. The van der Waals surface area contributed by atoms with Gasteiger partial charge in [-0.3, -0.25) is 4.79 Å². The van der Waals surface area contributed by atoms with Crippen molar-refractivity contribution in [1.29, 1.82) is 0 Å². The van der Waals surface area contributed by atoms with Gasteiger partial charge in [-0.1, -0.05) is 30.3 Å². The summed E-state index contributed by atoms with van der Waals surface area (Å²) in [5, 5.41) is 9.45. The van der Waals surface area contributed by atoms with Gasteiger partial charge in [-0.05, 0) is 38.2 Å². The molecule has 2 aliphatic rings. The van der Waals surface area contributed by atoms with E-state index in [4.69, 9.17) is 0 Å². The van der Waals surface area contributed by atoms with E-state index in [9.17, 15) is 14.7 Å². The summed E-state index contributed by atoms with van der Waals surface area (Å²) < 4.78 is 0. The van der Waals surface area contributed by atoms with Crippen LogP contribution < -0.4 is 0 Å². The molecule has 0 spiro atoms. The predicted octanol–water partition coefficient (Wildman–Crippen LogP) is 2.18. The quantitative estimate of drug-likeness (QED) is 0.918. The summed E-state index contributed by atoms with van der Waals surface area (Å²) in [4.78, 5) is 26.0. The van der Waals surface area contributed by atoms with Gasteiger partial charge in [-0.25, -0.2) is 4.79 Å². The molecule has 3 rings (SSSR count). The van der Waals surface area contributed by atoms with Crippen LogP contribution in [0.25, 0.3) is 0 Å². The monoisotopic (exact) mass is 273 g/mol. The Labute approximate surface area is 118 Å². The average Bonchev–Trinajstić information content (AvgIpc) is 3.17. The minimum absolute atomic E-state index is 0.00824. The van der Waals surface area contributed by atoms with Gasteiger partial charge in [0.2, 0.25) is 5.91 Å². The lowest BCUT2D eigenvalue weighted by molar-refractivity contribution is -0.156. The first-order valence-corrected chi connectivity index (χ1v) is 7.12. The van der Waals surface area contributed by atoms with Crippen molar-refractivity contribution in [2.75, 3.05) is 6.54 Å². The van der Waals surface area contributed by atoms with Gasteiger partial charge in [0.15, 0.2) is 0 Å². The SMILES string of the molecule is CC1(C(=O)O)CCCN1C(=O)C1(c2ccccc2)CC1. The molecule has 1 amide bonds. The molecule has 4 nitrogen and oxygen atoms in total. The highest BCUT2D eigenvalue weighted by Gasteiger charge is 2.57. The molecule has 1 heterocycles. The van der Waals surface area contributed by atoms with Crippen molar-refractivity contribution in [1.82, 2.24) is 4.90 Å². The summed E-state index contributed by atoms with van der Waals surface area (Å²) in [5.41, 5.74) is -0.492. The molecule has 0 aromatic heterocycles. The molecule has 4 heteroatoms. The summed E-state index contributed by atoms with van der Waals surface area (Å²) in [6.07, 6.45) is 2.95. The number of aliphatic carboxylic acids is 1. The van der Waals surface area contributed by atoms with Gasteiger partial charge in [0.1, 0.15) is 5.54 Å². The molecule has 1 N–H and O–H groups in total. The largest absolute Gasteiger partial charge is 0.480 e. The fourth-order valence-corrected chi connectivity index (χ4v) is 3.28. The van der Waals surface area contributed by atoms with Gasteiger partial charge in [0, 0.05) is 6.54 Å². The van der Waals surface area contributed by atoms with Gasteiger partial charge in [-0.15, -0.1) is 0 Å². The van der Waals surface area contributed by atoms with Gasteiger partial charge < -0.3 is 10.0 Å². The Balaban J connectivity index is 1.92. The highest BCUT2D eigenvalue weighted by molar-refractivity contribution is 5.95. The Bertz CT molecular complexity index is 550. The number of hydrogen-bond donors (Lipinski definition) is 1. The van der Waals surface area contributed by atoms with Gasteiger partial charge in [0.05, 0.1) is 5.41 Å². The van der Waals surface area contributed by atoms with Crippen molar-refractivity contribution >= 4 is 11.9 Å². The first kappa shape index (κ1) is 13.2. The van der Waals surface area contributed by atoms with E-state index in [0.29, 0.717) is 13.0 Å². The number of benzene rings is 1. The van der Waals surface area contributed by atoms with E-state index in [1.165, 1.54) is 0 Å². The zero-order chi connectivity index (χ0) is 14.4. The zero-order valence-corrected chi connectivity index (χ0v) is 11.6. The second kappa shape index (κ2) is 4.33. The molecular formula is C16H19NO3.